The van der Waals surface area contributed by atoms with Crippen molar-refractivity contribution in [3.8, 4) is 0 Å². The maximum absolute atomic E-state index is 13.9. The van der Waals surface area contributed by atoms with Crippen LogP contribution in [0.25, 0.3) is 10.8 Å². The van der Waals surface area contributed by atoms with Gasteiger partial charge in [-0.2, -0.15) is 0 Å². The molecule has 196 valence electrons. The first-order chi connectivity index (χ1) is 18.4. The lowest BCUT2D eigenvalue weighted by molar-refractivity contribution is -0.141. The Morgan fingerprint density at radius 3 is 2.24 bits per heavy atom. The fraction of sp³-hybridized carbons (Fsp3) is 0.273. The first-order valence-corrected chi connectivity index (χ1v) is 13.2. The van der Waals surface area contributed by atoms with Crippen LogP contribution in [-0.2, 0) is 29.0 Å². The van der Waals surface area contributed by atoms with Crippen molar-refractivity contribution in [1.82, 2.24) is 10.2 Å². The number of aryl methyl sites for hydroxylation is 1. The van der Waals surface area contributed by atoms with Crippen LogP contribution in [0, 0.1) is 11.7 Å². The Kier molecular flexibility index (Phi) is 9.26. The number of rotatable bonds is 11. The fourth-order valence-electron chi connectivity index (χ4n) is 4.66. The number of nitrogens with zero attached hydrogens (tertiary/aromatic N) is 1. The number of amides is 2. The van der Waals surface area contributed by atoms with Gasteiger partial charge in [0.25, 0.3) is 0 Å². The molecule has 4 rings (SSSR count). The maximum atomic E-state index is 13.9. The van der Waals surface area contributed by atoms with Crippen LogP contribution in [0.5, 0.6) is 0 Å². The molecular formula is C33H35FN2O2. The summed E-state index contributed by atoms with van der Waals surface area (Å²) >= 11 is 0. The van der Waals surface area contributed by atoms with Crippen molar-refractivity contribution in [3.05, 3.63) is 120 Å². The number of benzene rings is 4. The highest BCUT2D eigenvalue weighted by Gasteiger charge is 2.30. The topological polar surface area (TPSA) is 49.4 Å². The average Bonchev–Trinajstić information content (AvgIpc) is 2.93. The summed E-state index contributed by atoms with van der Waals surface area (Å²) in [5.41, 5.74) is 2.85. The molecule has 4 aromatic carbocycles. The minimum Gasteiger partial charge on any atom is -0.354 e. The molecule has 0 aromatic heterocycles. The van der Waals surface area contributed by atoms with Gasteiger partial charge in [-0.3, -0.25) is 9.59 Å². The molecule has 0 heterocycles. The summed E-state index contributed by atoms with van der Waals surface area (Å²) in [6.45, 7) is 4.83. The SMILES string of the molecule is CC(C)CNC(=O)[C@@H](Cc1ccccc1)N(Cc1ccc(F)cc1)C(=O)CCc1cccc2ccccc12. The molecule has 2 amide bonds. The lowest BCUT2D eigenvalue weighted by Gasteiger charge is -2.32. The van der Waals surface area contributed by atoms with E-state index in [-0.39, 0.29) is 36.5 Å². The van der Waals surface area contributed by atoms with Crippen molar-refractivity contribution in [2.24, 2.45) is 5.92 Å². The number of fused-ring (bicyclic) bond motifs is 1. The molecule has 0 radical (unpaired) electrons. The van der Waals surface area contributed by atoms with Gasteiger partial charge in [0.05, 0.1) is 0 Å². The van der Waals surface area contributed by atoms with Crippen molar-refractivity contribution in [3.63, 3.8) is 0 Å². The van der Waals surface area contributed by atoms with Gasteiger partial charge in [-0.15, -0.1) is 0 Å². The Morgan fingerprint density at radius 1 is 0.816 bits per heavy atom. The number of carbonyl (C=O) groups excluding carboxylic acids is 2. The Labute approximate surface area is 224 Å². The minimum absolute atomic E-state index is 0.108. The molecule has 0 bridgehead atoms. The second-order valence-electron chi connectivity index (χ2n) is 10.1. The largest absolute Gasteiger partial charge is 0.354 e. The standard InChI is InChI=1S/C33H35FN2O2/c1-24(2)22-35-33(38)31(21-25-9-4-3-5-10-25)36(23-26-15-18-29(34)19-16-26)32(37)20-17-28-13-8-12-27-11-6-7-14-30(27)28/h3-16,18-19,24,31H,17,20-23H2,1-2H3,(H,35,38)/t31-/m1/s1. The Hall–Kier alpha value is -3.99. The first kappa shape index (κ1) is 27.1. The van der Waals surface area contributed by atoms with E-state index in [2.05, 4.69) is 29.6 Å². The minimum atomic E-state index is -0.693. The molecule has 38 heavy (non-hydrogen) atoms. The van der Waals surface area contributed by atoms with Crippen LogP contribution in [0.15, 0.2) is 97.1 Å². The second-order valence-corrected chi connectivity index (χ2v) is 10.1. The smallest absolute Gasteiger partial charge is 0.243 e. The van der Waals surface area contributed by atoms with Gasteiger partial charge in [-0.25, -0.2) is 4.39 Å². The molecule has 4 aromatic rings. The van der Waals surface area contributed by atoms with E-state index < -0.39 is 6.04 Å². The van der Waals surface area contributed by atoms with E-state index in [1.54, 1.807) is 17.0 Å². The Balaban J connectivity index is 1.63. The molecule has 1 atom stereocenters. The summed E-state index contributed by atoms with van der Waals surface area (Å²) < 4.78 is 13.6. The van der Waals surface area contributed by atoms with Crippen LogP contribution in [0.4, 0.5) is 4.39 Å². The van der Waals surface area contributed by atoms with Gasteiger partial charge in [0, 0.05) is 25.9 Å². The summed E-state index contributed by atoms with van der Waals surface area (Å²) in [5.74, 6) is -0.340. The molecule has 1 N–H and O–H groups in total. The van der Waals surface area contributed by atoms with Gasteiger partial charge in [-0.05, 0) is 51.9 Å². The van der Waals surface area contributed by atoms with Crippen LogP contribution in [0.1, 0.15) is 37.0 Å². The summed E-state index contributed by atoms with van der Waals surface area (Å²) in [4.78, 5) is 29.1. The molecular weight excluding hydrogens is 475 g/mol. The van der Waals surface area contributed by atoms with Crippen LogP contribution < -0.4 is 5.32 Å². The third-order valence-electron chi connectivity index (χ3n) is 6.71. The predicted octanol–water partition coefficient (Wildman–Crippen LogP) is 6.32. The zero-order valence-corrected chi connectivity index (χ0v) is 22.1. The number of hydrogen-bond acceptors (Lipinski definition) is 2. The van der Waals surface area contributed by atoms with E-state index in [0.29, 0.717) is 19.4 Å². The van der Waals surface area contributed by atoms with Crippen molar-refractivity contribution in [2.45, 2.75) is 45.7 Å². The molecule has 0 aliphatic heterocycles. The van der Waals surface area contributed by atoms with Gasteiger partial charge in [-0.1, -0.05) is 98.8 Å². The quantitative estimate of drug-likeness (QED) is 0.257. The average molecular weight is 511 g/mol. The molecule has 0 saturated carbocycles. The molecule has 0 aliphatic rings. The summed E-state index contributed by atoms with van der Waals surface area (Å²) in [7, 11) is 0. The van der Waals surface area contributed by atoms with E-state index in [1.807, 2.05) is 62.4 Å². The van der Waals surface area contributed by atoms with Crippen molar-refractivity contribution in [1.29, 1.82) is 0 Å². The van der Waals surface area contributed by atoms with Crippen molar-refractivity contribution in [2.75, 3.05) is 6.54 Å². The number of nitrogens with one attached hydrogen (secondary N) is 1. The second kappa shape index (κ2) is 13.0. The van der Waals surface area contributed by atoms with Gasteiger partial charge in [0.1, 0.15) is 11.9 Å². The summed E-state index contributed by atoms with van der Waals surface area (Å²) in [5, 5.41) is 5.30. The zero-order chi connectivity index (χ0) is 26.9. The van der Waals surface area contributed by atoms with Crippen LogP contribution in [0.2, 0.25) is 0 Å². The van der Waals surface area contributed by atoms with Crippen LogP contribution in [-0.4, -0.2) is 29.3 Å². The van der Waals surface area contributed by atoms with E-state index >= 15 is 0 Å². The highest BCUT2D eigenvalue weighted by Crippen LogP contribution is 2.22. The highest BCUT2D eigenvalue weighted by atomic mass is 19.1. The van der Waals surface area contributed by atoms with Gasteiger partial charge >= 0.3 is 0 Å². The normalized spacial score (nSPS) is 11.9. The molecule has 0 unspecified atom stereocenters. The highest BCUT2D eigenvalue weighted by molar-refractivity contribution is 5.89. The van der Waals surface area contributed by atoms with Crippen molar-refractivity contribution >= 4 is 22.6 Å². The lowest BCUT2D eigenvalue weighted by atomic mass is 9.99. The van der Waals surface area contributed by atoms with Gasteiger partial charge < -0.3 is 10.2 Å². The summed E-state index contributed by atoms with van der Waals surface area (Å²) in [6, 6.07) is 29.5. The molecule has 4 nitrogen and oxygen atoms in total. The third-order valence-corrected chi connectivity index (χ3v) is 6.71. The lowest BCUT2D eigenvalue weighted by Crippen LogP contribution is -2.51. The van der Waals surface area contributed by atoms with E-state index in [0.717, 1.165) is 27.5 Å². The molecule has 0 saturated heterocycles. The van der Waals surface area contributed by atoms with Crippen molar-refractivity contribution < 1.29 is 14.0 Å². The number of hydrogen-bond donors (Lipinski definition) is 1. The monoisotopic (exact) mass is 510 g/mol. The van der Waals surface area contributed by atoms with Crippen LogP contribution in [0.3, 0.4) is 0 Å². The predicted molar refractivity (Wildman–Crippen MR) is 151 cm³/mol. The Morgan fingerprint density at radius 2 is 1.50 bits per heavy atom. The zero-order valence-electron chi connectivity index (χ0n) is 22.1. The molecule has 0 aliphatic carbocycles. The van der Waals surface area contributed by atoms with E-state index in [9.17, 15) is 14.0 Å². The molecule has 0 fully saturated rings. The van der Waals surface area contributed by atoms with Gasteiger partial charge in [0.15, 0.2) is 0 Å². The van der Waals surface area contributed by atoms with E-state index in [4.69, 9.17) is 0 Å². The fourth-order valence-corrected chi connectivity index (χ4v) is 4.66. The van der Waals surface area contributed by atoms with Gasteiger partial charge in [0.2, 0.25) is 11.8 Å². The number of halogens is 1. The number of carbonyl (C=O) groups is 2. The Bertz CT molecular complexity index is 1350. The van der Waals surface area contributed by atoms with Crippen LogP contribution >= 0.6 is 0 Å². The first-order valence-electron chi connectivity index (χ1n) is 13.2. The summed E-state index contributed by atoms with van der Waals surface area (Å²) in [6.07, 6.45) is 1.22. The maximum Gasteiger partial charge on any atom is 0.243 e. The third kappa shape index (κ3) is 7.28. The molecule has 5 heteroatoms. The van der Waals surface area contributed by atoms with E-state index in [1.165, 1.54) is 12.1 Å². The molecule has 0 spiro atoms.